The van der Waals surface area contributed by atoms with Crippen molar-refractivity contribution >= 4 is 34.7 Å². The number of pyridine rings is 1. The van der Waals surface area contributed by atoms with Gasteiger partial charge in [-0.05, 0) is 19.1 Å². The average molecular weight is 252 g/mol. The molecule has 0 bridgehead atoms. The number of aliphatic carboxylic acids is 1. The molecule has 88 valence electrons. The van der Waals surface area contributed by atoms with Crippen molar-refractivity contribution in [2.24, 2.45) is 7.05 Å². The Morgan fingerprint density at radius 2 is 2.29 bits per heavy atom. The minimum Gasteiger partial charge on any atom is -0.478 e. The largest absolute Gasteiger partial charge is 0.478 e. The van der Waals surface area contributed by atoms with Crippen molar-refractivity contribution in [2.75, 3.05) is 0 Å². The molecule has 0 aliphatic carbocycles. The molecule has 17 heavy (non-hydrogen) atoms. The second-order valence-electron chi connectivity index (χ2n) is 3.62. The zero-order valence-electron chi connectivity index (χ0n) is 9.31. The molecule has 2 rings (SSSR count). The van der Waals surface area contributed by atoms with E-state index in [4.69, 9.17) is 16.7 Å². The van der Waals surface area contributed by atoms with Gasteiger partial charge in [0.25, 0.3) is 0 Å². The number of hydrogen-bond acceptors (Lipinski definition) is 3. The summed E-state index contributed by atoms with van der Waals surface area (Å²) in [5.74, 6) is -1.02. The van der Waals surface area contributed by atoms with Crippen LogP contribution in [0.15, 0.2) is 12.1 Å². The first-order chi connectivity index (χ1) is 7.99. The summed E-state index contributed by atoms with van der Waals surface area (Å²) in [5, 5.41) is 13.9. The average Bonchev–Trinajstić information content (AvgIpc) is 2.51. The predicted molar refractivity (Wildman–Crippen MR) is 64.9 cm³/mol. The van der Waals surface area contributed by atoms with Gasteiger partial charge in [-0.15, -0.1) is 0 Å². The number of nitrogens with zero attached hydrogens (tertiary/aromatic N) is 3. The van der Waals surface area contributed by atoms with Crippen molar-refractivity contribution in [1.29, 1.82) is 0 Å². The molecule has 2 aromatic heterocycles. The van der Waals surface area contributed by atoms with E-state index < -0.39 is 5.97 Å². The molecule has 0 spiro atoms. The Kier molecular flexibility index (Phi) is 2.85. The minimum atomic E-state index is -1.02. The van der Waals surface area contributed by atoms with Gasteiger partial charge in [0.2, 0.25) is 0 Å². The third kappa shape index (κ3) is 2.14. The van der Waals surface area contributed by atoms with Gasteiger partial charge >= 0.3 is 5.97 Å². The van der Waals surface area contributed by atoms with Crippen molar-refractivity contribution in [3.05, 3.63) is 28.6 Å². The molecular weight excluding hydrogens is 242 g/mol. The highest BCUT2D eigenvalue weighted by Gasteiger charge is 2.09. The Labute approximate surface area is 102 Å². The Morgan fingerprint density at radius 1 is 1.59 bits per heavy atom. The van der Waals surface area contributed by atoms with Crippen LogP contribution in [-0.2, 0) is 11.8 Å². The fraction of sp³-hybridized carbons (Fsp3) is 0.182. The number of fused-ring (bicyclic) bond motifs is 1. The lowest BCUT2D eigenvalue weighted by atomic mass is 10.2. The van der Waals surface area contributed by atoms with Crippen LogP contribution in [0.2, 0.25) is 5.15 Å². The van der Waals surface area contributed by atoms with Gasteiger partial charge in [0.1, 0.15) is 5.15 Å². The molecule has 6 heteroatoms. The lowest BCUT2D eigenvalue weighted by molar-refractivity contribution is -0.131. The molecule has 1 N–H and O–H groups in total. The Balaban J connectivity index is 2.62. The van der Waals surface area contributed by atoms with Crippen LogP contribution in [0.5, 0.6) is 0 Å². The van der Waals surface area contributed by atoms with Gasteiger partial charge in [-0.3, -0.25) is 4.68 Å². The highest BCUT2D eigenvalue weighted by molar-refractivity contribution is 6.31. The first-order valence-electron chi connectivity index (χ1n) is 4.90. The molecule has 2 heterocycles. The van der Waals surface area contributed by atoms with Gasteiger partial charge in [-0.1, -0.05) is 11.6 Å². The number of carboxylic acids is 1. The van der Waals surface area contributed by atoms with Crippen LogP contribution < -0.4 is 0 Å². The van der Waals surface area contributed by atoms with Gasteiger partial charge in [-0.25, -0.2) is 9.78 Å². The third-order valence-corrected chi connectivity index (χ3v) is 2.69. The number of hydrogen-bond donors (Lipinski definition) is 1. The Hall–Kier alpha value is -1.88. The van der Waals surface area contributed by atoms with Crippen LogP contribution in [-0.4, -0.2) is 25.8 Å². The Morgan fingerprint density at radius 3 is 2.94 bits per heavy atom. The van der Waals surface area contributed by atoms with E-state index in [9.17, 15) is 4.79 Å². The van der Waals surface area contributed by atoms with Crippen LogP contribution in [0, 0.1) is 6.92 Å². The van der Waals surface area contributed by atoms with Crippen molar-refractivity contribution in [2.45, 2.75) is 6.92 Å². The number of halogens is 1. The van der Waals surface area contributed by atoms with Crippen molar-refractivity contribution in [1.82, 2.24) is 14.8 Å². The SMILES string of the molecule is Cc1nn(C)c2nc(Cl)c(/C=C/C(=O)O)cc12. The summed E-state index contributed by atoms with van der Waals surface area (Å²) in [6.45, 7) is 1.86. The molecule has 0 radical (unpaired) electrons. The first kappa shape index (κ1) is 11.6. The number of carboxylic acid groups (broad SMARTS) is 1. The van der Waals surface area contributed by atoms with E-state index in [-0.39, 0.29) is 5.15 Å². The Bertz CT molecular complexity index is 631. The molecule has 0 amide bonds. The minimum absolute atomic E-state index is 0.262. The third-order valence-electron chi connectivity index (χ3n) is 2.38. The maximum Gasteiger partial charge on any atom is 0.328 e. The highest BCUT2D eigenvalue weighted by atomic mass is 35.5. The van der Waals surface area contributed by atoms with Crippen LogP contribution >= 0.6 is 11.6 Å². The summed E-state index contributed by atoms with van der Waals surface area (Å²) in [7, 11) is 1.78. The van der Waals surface area contributed by atoms with Gasteiger partial charge < -0.3 is 5.11 Å². The zero-order chi connectivity index (χ0) is 12.6. The van der Waals surface area contributed by atoms with Crippen LogP contribution in [0.25, 0.3) is 17.1 Å². The van der Waals surface area contributed by atoms with E-state index >= 15 is 0 Å². The van der Waals surface area contributed by atoms with Crippen LogP contribution in [0.4, 0.5) is 0 Å². The molecule has 2 aromatic rings. The summed E-state index contributed by atoms with van der Waals surface area (Å²) in [4.78, 5) is 14.6. The van der Waals surface area contributed by atoms with Crippen LogP contribution in [0.1, 0.15) is 11.3 Å². The molecule has 0 atom stereocenters. The van der Waals surface area contributed by atoms with E-state index in [2.05, 4.69) is 10.1 Å². The lowest BCUT2D eigenvalue weighted by Crippen LogP contribution is -1.93. The monoisotopic (exact) mass is 251 g/mol. The van der Waals surface area contributed by atoms with Gasteiger partial charge in [0.15, 0.2) is 5.65 Å². The van der Waals surface area contributed by atoms with Gasteiger partial charge in [0.05, 0.1) is 5.69 Å². The molecule has 0 aliphatic heterocycles. The van der Waals surface area contributed by atoms with Crippen molar-refractivity contribution in [3.63, 3.8) is 0 Å². The molecule has 0 saturated carbocycles. The smallest absolute Gasteiger partial charge is 0.328 e. The van der Waals surface area contributed by atoms with E-state index in [1.807, 2.05) is 6.92 Å². The number of rotatable bonds is 2. The predicted octanol–water partition coefficient (Wildman–Crippen LogP) is 2.03. The van der Waals surface area contributed by atoms with Gasteiger partial charge in [-0.2, -0.15) is 5.10 Å². The fourth-order valence-corrected chi connectivity index (χ4v) is 1.81. The molecule has 0 aromatic carbocycles. The van der Waals surface area contributed by atoms with E-state index in [0.717, 1.165) is 17.2 Å². The van der Waals surface area contributed by atoms with Gasteiger partial charge in [0, 0.05) is 24.1 Å². The molecule has 0 saturated heterocycles. The summed E-state index contributed by atoms with van der Waals surface area (Å²) in [6.07, 6.45) is 2.45. The molecular formula is C11H10ClN3O2. The van der Waals surface area contributed by atoms with E-state index in [1.165, 1.54) is 6.08 Å². The van der Waals surface area contributed by atoms with Crippen molar-refractivity contribution < 1.29 is 9.90 Å². The topological polar surface area (TPSA) is 68.0 Å². The second kappa shape index (κ2) is 4.18. The first-order valence-corrected chi connectivity index (χ1v) is 5.27. The standard InChI is InChI=1S/C11H10ClN3O2/c1-6-8-5-7(3-4-9(16)17)10(12)13-11(8)15(2)14-6/h3-5H,1-2H3,(H,16,17)/b4-3+. The summed E-state index contributed by atoms with van der Waals surface area (Å²) in [5.41, 5.74) is 2.08. The van der Waals surface area contributed by atoms with E-state index in [1.54, 1.807) is 17.8 Å². The molecule has 5 nitrogen and oxygen atoms in total. The summed E-state index contributed by atoms with van der Waals surface area (Å²) >= 11 is 5.97. The van der Waals surface area contributed by atoms with E-state index in [0.29, 0.717) is 11.2 Å². The van der Waals surface area contributed by atoms with Crippen LogP contribution in [0.3, 0.4) is 0 Å². The number of aryl methyl sites for hydroxylation is 2. The summed E-state index contributed by atoms with van der Waals surface area (Å²) < 4.78 is 1.64. The number of carbonyl (C=O) groups is 1. The lowest BCUT2D eigenvalue weighted by Gasteiger charge is -1.99. The quantitative estimate of drug-likeness (QED) is 0.655. The second-order valence-corrected chi connectivity index (χ2v) is 3.98. The molecule has 0 fully saturated rings. The van der Waals surface area contributed by atoms with Crippen molar-refractivity contribution in [3.8, 4) is 0 Å². The fourth-order valence-electron chi connectivity index (χ4n) is 1.61. The summed E-state index contributed by atoms with van der Waals surface area (Å²) in [6, 6.07) is 1.78. The zero-order valence-corrected chi connectivity index (χ0v) is 10.1. The highest BCUT2D eigenvalue weighted by Crippen LogP contribution is 2.23. The molecule has 0 aliphatic rings. The molecule has 0 unspecified atom stereocenters. The maximum absolute atomic E-state index is 10.5. The number of aromatic nitrogens is 3. The maximum atomic E-state index is 10.5. The normalized spacial score (nSPS) is 11.5.